The molecule has 30 heavy (non-hydrogen) atoms. The fourth-order valence-electron chi connectivity index (χ4n) is 3.18. The van der Waals surface area contributed by atoms with E-state index in [1.54, 1.807) is 24.0 Å². The number of hydrogen-bond acceptors (Lipinski definition) is 6. The first-order valence-electron chi connectivity index (χ1n) is 9.34. The molecule has 2 atom stereocenters. The molecular formula is C20H22F2N4O4. The number of halogens is 2. The molecule has 2 aromatic heterocycles. The molecule has 0 aliphatic carbocycles. The van der Waals surface area contributed by atoms with Crippen LogP contribution >= 0.6 is 0 Å². The molecule has 2 amide bonds. The van der Waals surface area contributed by atoms with Crippen molar-refractivity contribution in [1.82, 2.24) is 14.9 Å². The maximum Gasteiger partial charge on any atom is 0.272 e. The van der Waals surface area contributed by atoms with Gasteiger partial charge >= 0.3 is 0 Å². The van der Waals surface area contributed by atoms with Crippen LogP contribution in [0.25, 0.3) is 0 Å². The van der Waals surface area contributed by atoms with E-state index in [-0.39, 0.29) is 30.2 Å². The highest BCUT2D eigenvalue weighted by Gasteiger charge is 2.34. The number of aromatic nitrogens is 2. The summed E-state index contributed by atoms with van der Waals surface area (Å²) in [5.74, 6) is -0.502. The molecule has 10 heteroatoms. The maximum absolute atomic E-state index is 12.9. The summed E-state index contributed by atoms with van der Waals surface area (Å²) in [6, 6.07) is 2.94. The smallest absolute Gasteiger partial charge is 0.272 e. The summed E-state index contributed by atoms with van der Waals surface area (Å²) in [6.45, 7) is 4.32. The molecule has 0 aromatic carbocycles. The Balaban J connectivity index is 1.80. The molecule has 2 N–H and O–H groups in total. The molecule has 0 saturated heterocycles. The molecule has 8 nitrogen and oxygen atoms in total. The number of amides is 2. The first-order chi connectivity index (χ1) is 14.2. The number of carbonyl (C=O) groups excluding carboxylic acids is 2. The third kappa shape index (κ3) is 4.38. The second-order valence-corrected chi connectivity index (χ2v) is 7.05. The van der Waals surface area contributed by atoms with Crippen molar-refractivity contribution in [2.75, 3.05) is 11.9 Å². The zero-order valence-corrected chi connectivity index (χ0v) is 16.7. The van der Waals surface area contributed by atoms with E-state index < -0.39 is 25.0 Å². The highest BCUT2D eigenvalue weighted by atomic mass is 19.3. The lowest BCUT2D eigenvalue weighted by Gasteiger charge is -2.25. The first-order valence-corrected chi connectivity index (χ1v) is 9.34. The Morgan fingerprint density at radius 3 is 2.73 bits per heavy atom. The van der Waals surface area contributed by atoms with Crippen molar-refractivity contribution in [1.29, 1.82) is 0 Å². The van der Waals surface area contributed by atoms with E-state index in [1.165, 1.54) is 19.3 Å². The Bertz CT molecular complexity index is 968. The fourth-order valence-corrected chi connectivity index (χ4v) is 3.18. The van der Waals surface area contributed by atoms with Crippen LogP contribution in [0.15, 0.2) is 24.5 Å². The molecule has 160 valence electrons. The SMILES string of the molecule is Cc1cc(C(C)N2Cc3c(ccnc3NC(=O)[C@@H](C)O)C2=O)cnc1OCC(F)F. The molecule has 3 heterocycles. The number of rotatable bonds is 7. The van der Waals surface area contributed by atoms with E-state index in [1.807, 2.05) is 6.92 Å². The summed E-state index contributed by atoms with van der Waals surface area (Å²) in [4.78, 5) is 34.6. The van der Waals surface area contributed by atoms with Crippen LogP contribution in [-0.2, 0) is 11.3 Å². The molecule has 0 saturated carbocycles. The number of aliphatic hydroxyl groups excluding tert-OH is 1. The largest absolute Gasteiger partial charge is 0.471 e. The van der Waals surface area contributed by atoms with Gasteiger partial charge in [0.15, 0.2) is 6.61 Å². The summed E-state index contributed by atoms with van der Waals surface area (Å²) >= 11 is 0. The van der Waals surface area contributed by atoms with Crippen molar-refractivity contribution in [2.45, 2.75) is 45.9 Å². The molecular weight excluding hydrogens is 398 g/mol. The number of fused-ring (bicyclic) bond motifs is 1. The normalized spacial score (nSPS) is 15.2. The minimum Gasteiger partial charge on any atom is -0.471 e. The average Bonchev–Trinajstić information content (AvgIpc) is 3.04. The van der Waals surface area contributed by atoms with Crippen LogP contribution in [-0.4, -0.2) is 50.9 Å². The number of alkyl halides is 2. The molecule has 1 aliphatic heterocycles. The van der Waals surface area contributed by atoms with Crippen molar-refractivity contribution >= 4 is 17.6 Å². The van der Waals surface area contributed by atoms with Gasteiger partial charge in [0.05, 0.1) is 12.6 Å². The average molecular weight is 420 g/mol. The van der Waals surface area contributed by atoms with E-state index in [4.69, 9.17) is 4.74 Å². The lowest BCUT2D eigenvalue weighted by molar-refractivity contribution is -0.123. The van der Waals surface area contributed by atoms with Crippen LogP contribution in [0.4, 0.5) is 14.6 Å². The summed E-state index contributed by atoms with van der Waals surface area (Å²) < 4.78 is 29.7. The number of pyridine rings is 2. The number of hydrogen-bond donors (Lipinski definition) is 2. The monoisotopic (exact) mass is 420 g/mol. The predicted octanol–water partition coefficient (Wildman–Crippen LogP) is 2.47. The Kier molecular flexibility index (Phi) is 6.25. The number of carbonyl (C=O) groups is 2. The Morgan fingerprint density at radius 1 is 1.37 bits per heavy atom. The third-order valence-corrected chi connectivity index (χ3v) is 4.84. The van der Waals surface area contributed by atoms with Crippen LogP contribution in [0.3, 0.4) is 0 Å². The third-order valence-electron chi connectivity index (χ3n) is 4.84. The van der Waals surface area contributed by atoms with Gasteiger partial charge in [-0.2, -0.15) is 0 Å². The van der Waals surface area contributed by atoms with Crippen LogP contribution in [0, 0.1) is 6.92 Å². The Hall–Kier alpha value is -3.14. The van der Waals surface area contributed by atoms with Crippen LogP contribution in [0.1, 0.15) is 46.9 Å². The lowest BCUT2D eigenvalue weighted by Crippen LogP contribution is -2.27. The van der Waals surface area contributed by atoms with E-state index >= 15 is 0 Å². The molecule has 0 bridgehead atoms. The summed E-state index contributed by atoms with van der Waals surface area (Å²) in [7, 11) is 0. The highest BCUT2D eigenvalue weighted by Crippen LogP contribution is 2.34. The highest BCUT2D eigenvalue weighted by molar-refractivity contribution is 6.02. The zero-order chi connectivity index (χ0) is 22.0. The van der Waals surface area contributed by atoms with Crippen molar-refractivity contribution in [3.05, 3.63) is 46.8 Å². The van der Waals surface area contributed by atoms with E-state index in [2.05, 4.69) is 15.3 Å². The number of nitrogens with zero attached hydrogens (tertiary/aromatic N) is 3. The van der Waals surface area contributed by atoms with Gasteiger partial charge in [0.25, 0.3) is 18.2 Å². The summed E-state index contributed by atoms with van der Waals surface area (Å²) in [5.41, 5.74) is 2.26. The predicted molar refractivity (Wildman–Crippen MR) is 103 cm³/mol. The second kappa shape index (κ2) is 8.70. The van der Waals surface area contributed by atoms with Gasteiger partial charge in [-0.05, 0) is 38.5 Å². The van der Waals surface area contributed by atoms with Crippen molar-refractivity contribution < 1.29 is 28.2 Å². The quantitative estimate of drug-likeness (QED) is 0.713. The molecule has 0 radical (unpaired) electrons. The fraction of sp³-hybridized carbons (Fsp3) is 0.400. The van der Waals surface area contributed by atoms with Gasteiger partial charge in [0.1, 0.15) is 11.9 Å². The van der Waals surface area contributed by atoms with Gasteiger partial charge in [-0.25, -0.2) is 18.7 Å². The van der Waals surface area contributed by atoms with Crippen LogP contribution in [0.5, 0.6) is 5.88 Å². The zero-order valence-electron chi connectivity index (χ0n) is 16.7. The molecule has 0 fully saturated rings. The summed E-state index contributed by atoms with van der Waals surface area (Å²) in [5, 5.41) is 11.9. The summed E-state index contributed by atoms with van der Waals surface area (Å²) in [6.07, 6.45) is -0.899. The molecule has 0 spiro atoms. The van der Waals surface area contributed by atoms with Crippen molar-refractivity contribution in [2.24, 2.45) is 0 Å². The standard InChI is InChI=1S/C20H22F2N4O4/c1-10-6-13(7-24-19(10)30-9-16(21)22)11(2)26-8-15-14(20(26)29)4-5-23-17(15)25-18(28)12(3)27/h4-7,11-12,16,27H,8-9H2,1-3H3,(H,23,25,28)/t11?,12-/m1/s1. The molecule has 3 rings (SSSR count). The van der Waals surface area contributed by atoms with Gasteiger partial charge in [0, 0.05) is 29.1 Å². The number of ether oxygens (including phenoxy) is 1. The minimum atomic E-state index is -2.59. The van der Waals surface area contributed by atoms with Crippen LogP contribution in [0.2, 0.25) is 0 Å². The molecule has 1 aliphatic rings. The van der Waals surface area contributed by atoms with Gasteiger partial charge < -0.3 is 20.1 Å². The number of anilines is 1. The molecule has 1 unspecified atom stereocenters. The second-order valence-electron chi connectivity index (χ2n) is 7.05. The van der Waals surface area contributed by atoms with E-state index in [0.717, 1.165) is 0 Å². The van der Waals surface area contributed by atoms with Gasteiger partial charge in [-0.3, -0.25) is 9.59 Å². The topological polar surface area (TPSA) is 105 Å². The van der Waals surface area contributed by atoms with Gasteiger partial charge in [0.2, 0.25) is 5.88 Å². The maximum atomic E-state index is 12.9. The van der Waals surface area contributed by atoms with Crippen LogP contribution < -0.4 is 10.1 Å². The van der Waals surface area contributed by atoms with Crippen molar-refractivity contribution in [3.63, 3.8) is 0 Å². The number of nitrogens with one attached hydrogen (secondary N) is 1. The van der Waals surface area contributed by atoms with E-state index in [9.17, 15) is 23.5 Å². The van der Waals surface area contributed by atoms with Crippen molar-refractivity contribution in [3.8, 4) is 5.88 Å². The Labute approximate surface area is 171 Å². The van der Waals surface area contributed by atoms with Gasteiger partial charge in [-0.15, -0.1) is 0 Å². The minimum absolute atomic E-state index is 0.120. The number of aliphatic hydroxyl groups is 1. The van der Waals surface area contributed by atoms with Gasteiger partial charge in [-0.1, -0.05) is 0 Å². The lowest BCUT2D eigenvalue weighted by atomic mass is 10.1. The first kappa shape index (κ1) is 21.6. The molecule has 2 aromatic rings. The number of aryl methyl sites for hydroxylation is 1. The Morgan fingerprint density at radius 2 is 2.10 bits per heavy atom. The van der Waals surface area contributed by atoms with E-state index in [0.29, 0.717) is 22.3 Å².